The van der Waals surface area contributed by atoms with E-state index in [1.54, 1.807) is 0 Å². The van der Waals surface area contributed by atoms with Gasteiger partial charge in [-0.05, 0) is 0 Å². The molecule has 2 aromatic rings. The van der Waals surface area contributed by atoms with E-state index in [1.807, 2.05) is 0 Å². The van der Waals surface area contributed by atoms with E-state index < -0.39 is 21.5 Å². The maximum absolute atomic E-state index is 8.23. The van der Waals surface area contributed by atoms with Gasteiger partial charge in [-0.2, -0.15) is 0 Å². The van der Waals surface area contributed by atoms with E-state index in [0.29, 0.717) is 11.8 Å². The predicted octanol–water partition coefficient (Wildman–Crippen LogP) is 8.56. The summed E-state index contributed by atoms with van der Waals surface area (Å²) in [5.41, 5.74) is 8.32. The van der Waals surface area contributed by atoms with Crippen molar-refractivity contribution in [3.05, 3.63) is 81.9 Å². The number of rotatable bonds is 5. The van der Waals surface area contributed by atoms with Crippen LogP contribution in [0.4, 0.5) is 0 Å². The third-order valence-electron chi connectivity index (χ3n) is 7.46. The van der Waals surface area contributed by atoms with Crippen molar-refractivity contribution in [3.63, 3.8) is 0 Å². The van der Waals surface area contributed by atoms with E-state index >= 15 is 0 Å². The summed E-state index contributed by atoms with van der Waals surface area (Å²) in [4.78, 5) is 0. The van der Waals surface area contributed by atoms with Crippen LogP contribution in [0.25, 0.3) is 12.2 Å². The van der Waals surface area contributed by atoms with Gasteiger partial charge >= 0.3 is 192 Å². The molecule has 0 fully saturated rings. The molecular formula is C26H33Cl2SiZr. The molecule has 2 aliphatic rings. The first-order valence-electron chi connectivity index (χ1n) is 11.2. The van der Waals surface area contributed by atoms with Crippen LogP contribution in [0.5, 0.6) is 0 Å². The molecular weight excluding hydrogens is 503 g/mol. The molecule has 0 aromatic heterocycles. The first-order chi connectivity index (χ1) is 14.1. The summed E-state index contributed by atoms with van der Waals surface area (Å²) in [6.07, 6.45) is 4.80. The third kappa shape index (κ3) is 3.24. The minimum absolute atomic E-state index is 0.205. The zero-order valence-electron chi connectivity index (χ0n) is 18.9. The quantitative estimate of drug-likeness (QED) is 0.337. The van der Waals surface area contributed by atoms with Gasteiger partial charge < -0.3 is 0 Å². The second kappa shape index (κ2) is 7.87. The molecule has 4 heteroatoms. The number of hydrogen-bond acceptors (Lipinski definition) is 0. The first kappa shape index (κ1) is 22.8. The maximum atomic E-state index is 8.23. The van der Waals surface area contributed by atoms with Gasteiger partial charge in [0.1, 0.15) is 0 Å². The van der Waals surface area contributed by atoms with Crippen LogP contribution in [-0.2, 0) is 15.6 Å². The summed E-state index contributed by atoms with van der Waals surface area (Å²) in [6.45, 7) is 14.1. The van der Waals surface area contributed by atoms with Crippen LogP contribution in [-0.4, -0.2) is 5.92 Å². The summed E-state index contributed by atoms with van der Waals surface area (Å²) >= 11 is -4.48. The Balaban J connectivity index is 2.03. The molecule has 0 aliphatic heterocycles. The molecule has 0 heterocycles. The van der Waals surface area contributed by atoms with Crippen molar-refractivity contribution < 1.29 is 15.6 Å². The fourth-order valence-corrected chi connectivity index (χ4v) is 37.3. The van der Waals surface area contributed by atoms with Gasteiger partial charge in [0.2, 0.25) is 0 Å². The molecule has 0 bridgehead atoms. The van der Waals surface area contributed by atoms with E-state index in [1.165, 1.54) is 33.4 Å². The van der Waals surface area contributed by atoms with Gasteiger partial charge in [0.25, 0.3) is 0 Å². The van der Waals surface area contributed by atoms with Crippen molar-refractivity contribution in [2.24, 2.45) is 11.8 Å². The van der Waals surface area contributed by atoms with Crippen LogP contribution < -0.4 is 0 Å². The van der Waals surface area contributed by atoms with Gasteiger partial charge in [0, 0.05) is 0 Å². The van der Waals surface area contributed by atoms with Crippen molar-refractivity contribution in [3.8, 4) is 0 Å². The minimum atomic E-state index is -4.48. The first-order valence-corrected chi connectivity index (χ1v) is 27.6. The Hall–Kier alpha value is -0.400. The normalized spacial score (nSPS) is 22.0. The number of halogens is 2. The molecule has 0 N–H and O–H groups in total. The number of hydrogen-bond donors (Lipinski definition) is 0. The van der Waals surface area contributed by atoms with Crippen molar-refractivity contribution in [1.29, 1.82) is 0 Å². The van der Waals surface area contributed by atoms with Crippen molar-refractivity contribution in [2.45, 2.75) is 48.0 Å². The average molecular weight is 536 g/mol. The van der Waals surface area contributed by atoms with Crippen molar-refractivity contribution in [2.75, 3.05) is 0 Å². The molecule has 0 saturated heterocycles. The SMILES string of the molecule is CC(C)C1=Cc2ccccc2[CH]1[Zr]([Cl])([Cl])([CH]1C(C(C)C)=Cc2ccccc21)[SiH](C)C. The Bertz CT molecular complexity index is 971. The Labute approximate surface area is 191 Å². The van der Waals surface area contributed by atoms with Gasteiger partial charge in [-0.3, -0.25) is 0 Å². The van der Waals surface area contributed by atoms with E-state index in [4.69, 9.17) is 17.0 Å². The molecule has 0 nitrogen and oxygen atoms in total. The Morgan fingerprint density at radius 1 is 0.700 bits per heavy atom. The Kier molecular flexibility index (Phi) is 5.98. The van der Waals surface area contributed by atoms with Gasteiger partial charge in [0.15, 0.2) is 0 Å². The molecule has 4 rings (SSSR count). The average Bonchev–Trinajstić information content (AvgIpc) is 3.28. The number of benzene rings is 2. The van der Waals surface area contributed by atoms with Gasteiger partial charge in [-0.1, -0.05) is 0 Å². The molecule has 30 heavy (non-hydrogen) atoms. The molecule has 0 radical (unpaired) electrons. The predicted molar refractivity (Wildman–Crippen MR) is 135 cm³/mol. The topological polar surface area (TPSA) is 0 Å². The number of fused-ring (bicyclic) bond motifs is 2. The van der Waals surface area contributed by atoms with Crippen LogP contribution >= 0.6 is 17.0 Å². The second-order valence-corrected chi connectivity index (χ2v) is 52.6. The van der Waals surface area contributed by atoms with E-state index in [9.17, 15) is 0 Å². The Morgan fingerprint density at radius 3 is 1.40 bits per heavy atom. The molecule has 2 aliphatic carbocycles. The monoisotopic (exact) mass is 533 g/mol. The zero-order chi connectivity index (χ0) is 21.9. The van der Waals surface area contributed by atoms with Gasteiger partial charge in [-0.25, -0.2) is 0 Å². The van der Waals surface area contributed by atoms with Crippen LogP contribution in [0, 0.1) is 11.8 Å². The fraction of sp³-hybridized carbons (Fsp3) is 0.385. The van der Waals surface area contributed by atoms with E-state index in [2.05, 4.69) is 101 Å². The molecule has 0 saturated carbocycles. The summed E-state index contributed by atoms with van der Waals surface area (Å²) in [5, 5.41) is 0. The van der Waals surface area contributed by atoms with Crippen LogP contribution in [0.15, 0.2) is 59.7 Å². The summed E-state index contributed by atoms with van der Waals surface area (Å²) in [7, 11) is 16.5. The molecule has 0 amide bonds. The zero-order valence-corrected chi connectivity index (χ0v) is 24.0. The molecule has 2 unspecified atom stereocenters. The Morgan fingerprint density at radius 2 is 1.07 bits per heavy atom. The second-order valence-electron chi connectivity index (χ2n) is 10.1. The van der Waals surface area contributed by atoms with Gasteiger partial charge in [-0.15, -0.1) is 0 Å². The molecule has 0 spiro atoms. The molecule has 159 valence electrons. The summed E-state index contributed by atoms with van der Waals surface area (Å²) in [5.74, 6) is -0.572. The number of allylic oxidation sites excluding steroid dienone is 2. The molecule has 2 aromatic carbocycles. The molecule has 2 atom stereocenters. The summed E-state index contributed by atoms with van der Waals surface area (Å²) < 4.78 is 0.409. The van der Waals surface area contributed by atoms with E-state index in [0.717, 1.165) is 0 Å². The van der Waals surface area contributed by atoms with Gasteiger partial charge in [0.05, 0.1) is 0 Å². The third-order valence-corrected chi connectivity index (χ3v) is 59.1. The van der Waals surface area contributed by atoms with Crippen LogP contribution in [0.2, 0.25) is 13.1 Å². The fourth-order valence-electron chi connectivity index (χ4n) is 5.76. The van der Waals surface area contributed by atoms with Crippen LogP contribution in [0.1, 0.15) is 57.2 Å². The van der Waals surface area contributed by atoms with E-state index in [-0.39, 0.29) is 7.25 Å². The van der Waals surface area contributed by atoms with Crippen molar-refractivity contribution in [1.82, 2.24) is 0 Å². The van der Waals surface area contributed by atoms with Crippen LogP contribution in [0.3, 0.4) is 0 Å². The van der Waals surface area contributed by atoms with Crippen molar-refractivity contribution >= 4 is 35.1 Å². The summed E-state index contributed by atoms with van der Waals surface area (Å²) in [6, 6.07) is 17.7. The standard InChI is InChI=1S/2C12H13.C2H7Si.2ClH.Zr/c2*1-9(2)12-7-10-5-3-4-6-11(10)8-12;1-3-2;;;/h2*3-9H,1-2H3;3H,1-2H3;2*1H;/q;;;;;+2/p-2.